The molecule has 0 amide bonds. The van der Waals surface area contributed by atoms with E-state index in [0.717, 1.165) is 0 Å². The van der Waals surface area contributed by atoms with Crippen LogP contribution in [0.25, 0.3) is 0 Å². The van der Waals surface area contributed by atoms with Crippen molar-refractivity contribution in [3.05, 3.63) is 11.6 Å². The van der Waals surface area contributed by atoms with Crippen LogP contribution in [0.4, 0.5) is 8.78 Å². The van der Waals surface area contributed by atoms with Crippen molar-refractivity contribution in [3.63, 3.8) is 0 Å². The molecule has 0 aromatic rings. The van der Waals surface area contributed by atoms with Gasteiger partial charge in [0.15, 0.2) is 0 Å². The molecule has 0 saturated heterocycles. The van der Waals surface area contributed by atoms with Gasteiger partial charge in [0, 0.05) is 6.54 Å². The molecule has 0 aliphatic rings. The minimum Gasteiger partial charge on any atom is -0.327 e. The van der Waals surface area contributed by atoms with E-state index in [-0.39, 0.29) is 12.1 Å². The molecule has 0 aliphatic heterocycles. The average molecular weight is 163 g/mol. The molecular weight excluding hydrogens is 148 g/mol. The minimum atomic E-state index is -2.39. The standard InChI is InChI=1S/C8H15F2N/c1-8(2,3)6(4-5-11)7(9)10/h4,7H,5,11H2,1-3H3/b6-4-. The first-order valence-corrected chi connectivity index (χ1v) is 3.58. The zero-order chi connectivity index (χ0) is 9.07. The summed E-state index contributed by atoms with van der Waals surface area (Å²) in [7, 11) is 0. The van der Waals surface area contributed by atoms with Gasteiger partial charge >= 0.3 is 0 Å². The van der Waals surface area contributed by atoms with Gasteiger partial charge in [0.1, 0.15) is 0 Å². The molecule has 0 spiro atoms. The maximum absolute atomic E-state index is 12.3. The van der Waals surface area contributed by atoms with E-state index in [1.165, 1.54) is 6.08 Å². The number of hydrogen-bond donors (Lipinski definition) is 1. The molecule has 1 nitrogen and oxygen atoms in total. The number of halogens is 2. The number of hydrogen-bond acceptors (Lipinski definition) is 1. The van der Waals surface area contributed by atoms with E-state index in [9.17, 15) is 8.78 Å². The predicted octanol–water partition coefficient (Wildman–Crippen LogP) is 2.18. The lowest BCUT2D eigenvalue weighted by Crippen LogP contribution is -2.17. The molecular formula is C8H15F2N. The van der Waals surface area contributed by atoms with Crippen LogP contribution in [0.1, 0.15) is 20.8 Å². The van der Waals surface area contributed by atoms with Crippen molar-refractivity contribution >= 4 is 0 Å². The summed E-state index contributed by atoms with van der Waals surface area (Å²) >= 11 is 0. The fourth-order valence-corrected chi connectivity index (χ4v) is 0.850. The highest BCUT2D eigenvalue weighted by molar-refractivity contribution is 5.13. The fraction of sp³-hybridized carbons (Fsp3) is 0.750. The molecule has 0 aromatic carbocycles. The summed E-state index contributed by atoms with van der Waals surface area (Å²) in [6.07, 6.45) is -0.997. The Hall–Kier alpha value is -0.440. The maximum Gasteiger partial charge on any atom is 0.260 e. The van der Waals surface area contributed by atoms with Crippen molar-refractivity contribution < 1.29 is 8.78 Å². The third-order valence-electron chi connectivity index (χ3n) is 1.44. The first-order valence-electron chi connectivity index (χ1n) is 3.58. The molecule has 0 aliphatic carbocycles. The summed E-state index contributed by atoms with van der Waals surface area (Å²) in [5, 5.41) is 0. The van der Waals surface area contributed by atoms with E-state index in [2.05, 4.69) is 0 Å². The van der Waals surface area contributed by atoms with Gasteiger partial charge in [0.05, 0.1) is 0 Å². The first-order chi connectivity index (χ1) is 4.89. The molecule has 0 saturated carbocycles. The monoisotopic (exact) mass is 163 g/mol. The van der Waals surface area contributed by atoms with Crippen molar-refractivity contribution in [2.45, 2.75) is 27.2 Å². The van der Waals surface area contributed by atoms with Gasteiger partial charge in [-0.05, 0) is 11.0 Å². The van der Waals surface area contributed by atoms with Crippen LogP contribution in [-0.2, 0) is 0 Å². The second kappa shape index (κ2) is 3.81. The first kappa shape index (κ1) is 10.6. The molecule has 0 atom stereocenters. The van der Waals surface area contributed by atoms with Crippen LogP contribution in [0.15, 0.2) is 11.6 Å². The third kappa shape index (κ3) is 3.46. The molecule has 0 bridgehead atoms. The fourth-order valence-electron chi connectivity index (χ4n) is 0.850. The average Bonchev–Trinajstić information content (AvgIpc) is 1.79. The van der Waals surface area contributed by atoms with Gasteiger partial charge < -0.3 is 5.73 Å². The number of alkyl halides is 2. The Morgan fingerprint density at radius 2 is 1.91 bits per heavy atom. The van der Waals surface area contributed by atoms with E-state index in [1.807, 2.05) is 0 Å². The lowest BCUT2D eigenvalue weighted by atomic mass is 9.86. The largest absolute Gasteiger partial charge is 0.327 e. The van der Waals surface area contributed by atoms with E-state index in [0.29, 0.717) is 0 Å². The Kier molecular flexibility index (Phi) is 3.66. The highest BCUT2D eigenvalue weighted by atomic mass is 19.3. The summed E-state index contributed by atoms with van der Waals surface area (Å²) in [6.45, 7) is 5.43. The van der Waals surface area contributed by atoms with Crippen LogP contribution in [-0.4, -0.2) is 13.0 Å². The Balaban J connectivity index is 4.49. The summed E-state index contributed by atoms with van der Waals surface area (Å²) in [5.41, 5.74) is 4.80. The van der Waals surface area contributed by atoms with Crippen molar-refractivity contribution in [1.82, 2.24) is 0 Å². The van der Waals surface area contributed by atoms with Gasteiger partial charge in [-0.25, -0.2) is 8.78 Å². The van der Waals surface area contributed by atoms with E-state index < -0.39 is 11.8 Å². The Morgan fingerprint density at radius 1 is 1.45 bits per heavy atom. The molecule has 0 aromatic heterocycles. The summed E-state index contributed by atoms with van der Waals surface area (Å²) in [4.78, 5) is 0. The molecule has 3 heteroatoms. The Labute approximate surface area is 66.3 Å². The van der Waals surface area contributed by atoms with Crippen molar-refractivity contribution in [3.8, 4) is 0 Å². The van der Waals surface area contributed by atoms with Crippen LogP contribution in [0.3, 0.4) is 0 Å². The van der Waals surface area contributed by atoms with Gasteiger partial charge in [0.2, 0.25) is 0 Å². The predicted molar refractivity (Wildman–Crippen MR) is 42.6 cm³/mol. The number of nitrogens with two attached hydrogens (primary N) is 1. The molecule has 0 fully saturated rings. The van der Waals surface area contributed by atoms with E-state index in [1.54, 1.807) is 20.8 Å². The lowest BCUT2D eigenvalue weighted by Gasteiger charge is -2.22. The molecule has 2 N–H and O–H groups in total. The molecule has 0 unspecified atom stereocenters. The van der Waals surface area contributed by atoms with Crippen LogP contribution in [0.5, 0.6) is 0 Å². The van der Waals surface area contributed by atoms with Crippen molar-refractivity contribution in [2.24, 2.45) is 11.1 Å². The summed E-state index contributed by atoms with van der Waals surface area (Å²) in [6, 6.07) is 0. The number of rotatable bonds is 2. The van der Waals surface area contributed by atoms with Crippen LogP contribution < -0.4 is 5.73 Å². The molecule has 66 valence electrons. The zero-order valence-corrected chi connectivity index (χ0v) is 7.20. The van der Waals surface area contributed by atoms with Gasteiger partial charge in [-0.1, -0.05) is 26.8 Å². The van der Waals surface area contributed by atoms with Crippen LogP contribution >= 0.6 is 0 Å². The van der Waals surface area contributed by atoms with Crippen molar-refractivity contribution in [1.29, 1.82) is 0 Å². The van der Waals surface area contributed by atoms with Crippen LogP contribution in [0, 0.1) is 5.41 Å². The van der Waals surface area contributed by atoms with Gasteiger partial charge in [-0.15, -0.1) is 0 Å². The number of allylic oxidation sites excluding steroid dienone is 1. The zero-order valence-electron chi connectivity index (χ0n) is 7.20. The van der Waals surface area contributed by atoms with E-state index in [4.69, 9.17) is 5.73 Å². The molecule has 0 heterocycles. The minimum absolute atomic E-state index is 0.125. The summed E-state index contributed by atoms with van der Waals surface area (Å²) in [5.74, 6) is 0. The highest BCUT2D eigenvalue weighted by Crippen LogP contribution is 2.29. The second-order valence-corrected chi connectivity index (χ2v) is 3.45. The van der Waals surface area contributed by atoms with Crippen molar-refractivity contribution in [2.75, 3.05) is 6.54 Å². The quantitative estimate of drug-likeness (QED) is 0.620. The topological polar surface area (TPSA) is 26.0 Å². The van der Waals surface area contributed by atoms with Crippen LogP contribution in [0.2, 0.25) is 0 Å². The molecule has 0 rings (SSSR count). The normalized spacial score (nSPS) is 14.3. The Morgan fingerprint density at radius 3 is 2.00 bits per heavy atom. The van der Waals surface area contributed by atoms with Gasteiger partial charge in [-0.3, -0.25) is 0 Å². The molecule has 0 radical (unpaired) electrons. The Bertz CT molecular complexity index is 145. The SMILES string of the molecule is CC(C)(C)/C(=C\CN)C(F)F. The highest BCUT2D eigenvalue weighted by Gasteiger charge is 2.24. The van der Waals surface area contributed by atoms with E-state index >= 15 is 0 Å². The van der Waals surface area contributed by atoms with Gasteiger partial charge in [-0.2, -0.15) is 0 Å². The lowest BCUT2D eigenvalue weighted by molar-refractivity contribution is 0.162. The van der Waals surface area contributed by atoms with Gasteiger partial charge in [0.25, 0.3) is 6.43 Å². The smallest absolute Gasteiger partial charge is 0.260 e. The third-order valence-corrected chi connectivity index (χ3v) is 1.44. The maximum atomic E-state index is 12.3. The molecule has 11 heavy (non-hydrogen) atoms. The summed E-state index contributed by atoms with van der Waals surface area (Å²) < 4.78 is 24.5. The second-order valence-electron chi connectivity index (χ2n) is 3.45.